The Kier molecular flexibility index (Phi) is 4.72. The van der Waals surface area contributed by atoms with E-state index in [1.54, 1.807) is 0 Å². The number of aliphatic hydroxyl groups is 1. The molecule has 0 aromatic heterocycles. The summed E-state index contributed by atoms with van der Waals surface area (Å²) in [6.07, 6.45) is 0.831. The summed E-state index contributed by atoms with van der Waals surface area (Å²) in [5, 5.41) is 9.57. The van der Waals surface area contributed by atoms with Crippen molar-refractivity contribution in [3.05, 3.63) is 18.2 Å². The number of benzene rings is 1. The van der Waals surface area contributed by atoms with Gasteiger partial charge in [-0.25, -0.2) is 13.1 Å². The van der Waals surface area contributed by atoms with E-state index in [1.165, 1.54) is 25.3 Å². The highest BCUT2D eigenvalue weighted by molar-refractivity contribution is 7.89. The van der Waals surface area contributed by atoms with Gasteiger partial charge in [0.15, 0.2) is 0 Å². The van der Waals surface area contributed by atoms with Crippen LogP contribution in [0, 0.1) is 0 Å². The van der Waals surface area contributed by atoms with Gasteiger partial charge >= 0.3 is 0 Å². The molecule has 0 spiro atoms. The molecule has 1 fully saturated rings. The number of rotatable bonds is 5. The smallest absolute Gasteiger partial charge is 0.243 e. The van der Waals surface area contributed by atoms with Crippen LogP contribution >= 0.6 is 0 Å². The van der Waals surface area contributed by atoms with E-state index < -0.39 is 15.6 Å². The maximum atomic E-state index is 12.5. The van der Waals surface area contributed by atoms with Gasteiger partial charge in [0.2, 0.25) is 10.0 Å². The molecule has 1 aliphatic rings. The molecule has 0 radical (unpaired) electrons. The van der Waals surface area contributed by atoms with E-state index >= 15 is 0 Å². The van der Waals surface area contributed by atoms with Crippen LogP contribution in [-0.2, 0) is 14.8 Å². The predicted molar refractivity (Wildman–Crippen MR) is 77.6 cm³/mol. The fourth-order valence-electron chi connectivity index (χ4n) is 2.29. The Morgan fingerprint density at radius 2 is 2.10 bits per heavy atom. The zero-order valence-electron chi connectivity index (χ0n) is 11.8. The maximum Gasteiger partial charge on any atom is 0.243 e. The zero-order chi connectivity index (χ0) is 15.5. The number of nitrogens with one attached hydrogen (secondary N) is 1. The van der Waals surface area contributed by atoms with Crippen LogP contribution in [0.5, 0.6) is 5.75 Å². The molecule has 0 bridgehead atoms. The molecule has 0 amide bonds. The topological polar surface area (TPSA) is 111 Å². The SMILES string of the molecule is COc1ccc(S(=O)(=O)NC2(CO)CCOCC2)c(N)c1. The maximum absolute atomic E-state index is 12.5. The number of aliphatic hydroxyl groups excluding tert-OH is 1. The van der Waals surface area contributed by atoms with Crippen molar-refractivity contribution < 1.29 is 23.0 Å². The van der Waals surface area contributed by atoms with Gasteiger partial charge in [0.05, 0.1) is 24.9 Å². The Balaban J connectivity index is 2.29. The van der Waals surface area contributed by atoms with Gasteiger partial charge in [-0.15, -0.1) is 0 Å². The van der Waals surface area contributed by atoms with E-state index in [4.69, 9.17) is 15.2 Å². The Morgan fingerprint density at radius 1 is 1.43 bits per heavy atom. The normalized spacial score (nSPS) is 18.4. The Labute approximate surface area is 124 Å². The second-order valence-electron chi connectivity index (χ2n) is 5.06. The van der Waals surface area contributed by atoms with Gasteiger partial charge in [0.25, 0.3) is 0 Å². The lowest BCUT2D eigenvalue weighted by molar-refractivity contribution is 0.0223. The summed E-state index contributed by atoms with van der Waals surface area (Å²) in [4.78, 5) is -0.0254. The minimum atomic E-state index is -3.83. The first-order valence-corrected chi connectivity index (χ1v) is 8.07. The van der Waals surface area contributed by atoms with Gasteiger partial charge < -0.3 is 20.3 Å². The number of nitrogen functional groups attached to an aromatic ring is 1. The molecule has 0 saturated carbocycles. The molecule has 2 rings (SSSR count). The second kappa shape index (κ2) is 6.18. The molecule has 0 unspecified atom stereocenters. The van der Waals surface area contributed by atoms with Crippen LogP contribution in [0.4, 0.5) is 5.69 Å². The number of hydrogen-bond acceptors (Lipinski definition) is 6. The second-order valence-corrected chi connectivity index (χ2v) is 6.71. The highest BCUT2D eigenvalue weighted by Gasteiger charge is 2.37. The van der Waals surface area contributed by atoms with Crippen molar-refractivity contribution in [2.75, 3.05) is 32.7 Å². The number of hydrogen-bond donors (Lipinski definition) is 3. The summed E-state index contributed by atoms with van der Waals surface area (Å²) in [5.74, 6) is 0.481. The van der Waals surface area contributed by atoms with E-state index in [1.807, 2.05) is 0 Å². The van der Waals surface area contributed by atoms with E-state index in [0.29, 0.717) is 31.8 Å². The summed E-state index contributed by atoms with van der Waals surface area (Å²) in [6, 6.07) is 4.37. The number of nitrogens with two attached hydrogens (primary N) is 1. The Morgan fingerprint density at radius 3 is 2.62 bits per heavy atom. The molecule has 1 aromatic rings. The van der Waals surface area contributed by atoms with Gasteiger partial charge in [-0.05, 0) is 25.0 Å². The molecule has 1 saturated heterocycles. The van der Waals surface area contributed by atoms with E-state index in [2.05, 4.69) is 4.72 Å². The standard InChI is InChI=1S/C13H20N2O5S/c1-19-10-2-3-12(11(14)8-10)21(17,18)15-13(9-16)4-6-20-7-5-13/h2-3,8,15-16H,4-7,9,14H2,1H3. The molecule has 1 aromatic carbocycles. The van der Waals surface area contributed by atoms with Crippen molar-refractivity contribution in [2.45, 2.75) is 23.3 Å². The Bertz CT molecular complexity index is 597. The minimum absolute atomic E-state index is 0.0254. The molecule has 118 valence electrons. The highest BCUT2D eigenvalue weighted by Crippen LogP contribution is 2.27. The third-order valence-electron chi connectivity index (χ3n) is 3.61. The fourth-order valence-corrected chi connectivity index (χ4v) is 3.86. The van der Waals surface area contributed by atoms with Gasteiger partial charge in [0.1, 0.15) is 10.6 Å². The van der Waals surface area contributed by atoms with Crippen LogP contribution in [0.15, 0.2) is 23.1 Å². The Hall–Kier alpha value is -1.35. The summed E-state index contributed by atoms with van der Waals surface area (Å²) >= 11 is 0. The summed E-state index contributed by atoms with van der Waals surface area (Å²) < 4.78 is 37.8. The van der Waals surface area contributed by atoms with Crippen molar-refractivity contribution in [1.29, 1.82) is 0 Å². The van der Waals surface area contributed by atoms with Gasteiger partial charge in [0, 0.05) is 19.3 Å². The van der Waals surface area contributed by atoms with Crippen LogP contribution in [0.1, 0.15) is 12.8 Å². The molecular formula is C13H20N2O5S. The lowest BCUT2D eigenvalue weighted by atomic mass is 9.93. The van der Waals surface area contributed by atoms with E-state index in [9.17, 15) is 13.5 Å². The molecule has 4 N–H and O–H groups in total. The number of anilines is 1. The molecule has 1 aliphatic heterocycles. The first kappa shape index (κ1) is 16.0. The van der Waals surface area contributed by atoms with Crippen LogP contribution < -0.4 is 15.2 Å². The fraction of sp³-hybridized carbons (Fsp3) is 0.538. The third kappa shape index (κ3) is 3.46. The average molecular weight is 316 g/mol. The minimum Gasteiger partial charge on any atom is -0.497 e. The molecule has 0 atom stereocenters. The van der Waals surface area contributed by atoms with Crippen molar-refractivity contribution in [2.24, 2.45) is 0 Å². The lowest BCUT2D eigenvalue weighted by Crippen LogP contribution is -2.54. The predicted octanol–water partition coefficient (Wildman–Crippen LogP) is 0.0972. The summed E-state index contributed by atoms with van der Waals surface area (Å²) in [5.41, 5.74) is 4.99. The molecule has 21 heavy (non-hydrogen) atoms. The van der Waals surface area contributed by atoms with Gasteiger partial charge in [-0.3, -0.25) is 0 Å². The summed E-state index contributed by atoms with van der Waals surface area (Å²) in [7, 11) is -2.36. The molecule has 8 heteroatoms. The average Bonchev–Trinajstić information content (AvgIpc) is 2.47. The van der Waals surface area contributed by atoms with Crippen LogP contribution in [0.2, 0.25) is 0 Å². The number of methoxy groups -OCH3 is 1. The van der Waals surface area contributed by atoms with Crippen molar-refractivity contribution in [3.8, 4) is 5.75 Å². The van der Waals surface area contributed by atoms with Gasteiger partial charge in [-0.2, -0.15) is 0 Å². The number of sulfonamides is 1. The zero-order valence-corrected chi connectivity index (χ0v) is 12.6. The van der Waals surface area contributed by atoms with Crippen LogP contribution in [0.3, 0.4) is 0 Å². The quantitative estimate of drug-likeness (QED) is 0.664. The van der Waals surface area contributed by atoms with Crippen molar-refractivity contribution in [1.82, 2.24) is 4.72 Å². The van der Waals surface area contributed by atoms with Gasteiger partial charge in [-0.1, -0.05) is 0 Å². The highest BCUT2D eigenvalue weighted by atomic mass is 32.2. The van der Waals surface area contributed by atoms with E-state index in [-0.39, 0.29) is 17.2 Å². The monoisotopic (exact) mass is 316 g/mol. The molecule has 7 nitrogen and oxygen atoms in total. The first-order valence-electron chi connectivity index (χ1n) is 6.58. The molecular weight excluding hydrogens is 296 g/mol. The van der Waals surface area contributed by atoms with Crippen LogP contribution in [0.25, 0.3) is 0 Å². The van der Waals surface area contributed by atoms with Crippen LogP contribution in [-0.4, -0.2) is 46.0 Å². The summed E-state index contributed by atoms with van der Waals surface area (Å²) in [6.45, 7) is 0.522. The lowest BCUT2D eigenvalue weighted by Gasteiger charge is -2.35. The largest absolute Gasteiger partial charge is 0.497 e. The van der Waals surface area contributed by atoms with Crippen molar-refractivity contribution >= 4 is 15.7 Å². The first-order chi connectivity index (χ1) is 9.92. The third-order valence-corrected chi connectivity index (χ3v) is 5.26. The number of ether oxygens (including phenoxy) is 2. The molecule has 1 heterocycles. The van der Waals surface area contributed by atoms with Crippen molar-refractivity contribution in [3.63, 3.8) is 0 Å². The van der Waals surface area contributed by atoms with E-state index in [0.717, 1.165) is 0 Å². The molecule has 0 aliphatic carbocycles.